The maximum absolute atomic E-state index is 12.6. The minimum absolute atomic E-state index is 0.177. The van der Waals surface area contributed by atoms with Crippen LogP contribution in [0.5, 0.6) is 11.5 Å². The molecule has 0 saturated carbocycles. The Bertz CT molecular complexity index is 1150. The molecule has 0 atom stereocenters. The molecule has 0 spiro atoms. The second-order valence-corrected chi connectivity index (χ2v) is 6.13. The zero-order chi connectivity index (χ0) is 19.3. The number of azo groups is 1. The van der Waals surface area contributed by atoms with Gasteiger partial charge in [-0.3, -0.25) is 0 Å². The van der Waals surface area contributed by atoms with Gasteiger partial charge in [-0.1, -0.05) is 36.4 Å². The van der Waals surface area contributed by atoms with Gasteiger partial charge < -0.3 is 9.84 Å². The second kappa shape index (κ2) is 7.72. The van der Waals surface area contributed by atoms with Gasteiger partial charge in [-0.15, -0.1) is 0 Å². The van der Waals surface area contributed by atoms with Crippen molar-refractivity contribution >= 4 is 28.1 Å². The van der Waals surface area contributed by atoms with E-state index in [0.29, 0.717) is 22.7 Å². The zero-order valence-corrected chi connectivity index (χ0v) is 14.8. The van der Waals surface area contributed by atoms with E-state index in [0.717, 1.165) is 10.8 Å². The van der Waals surface area contributed by atoms with Crippen molar-refractivity contribution in [2.45, 2.75) is 0 Å². The lowest BCUT2D eigenvalue weighted by atomic mass is 10.0. The number of carbonyl (C=O) groups excluding carboxylic acids is 1. The fourth-order valence-electron chi connectivity index (χ4n) is 2.78. The molecule has 0 amide bonds. The van der Waals surface area contributed by atoms with Crippen molar-refractivity contribution in [1.82, 2.24) is 0 Å². The first-order chi connectivity index (χ1) is 13.7. The third-order valence-corrected chi connectivity index (χ3v) is 4.19. The highest BCUT2D eigenvalue weighted by Gasteiger charge is 2.12. The molecule has 0 unspecified atom stereocenters. The van der Waals surface area contributed by atoms with Crippen LogP contribution < -0.4 is 4.74 Å². The number of phenols is 1. The first-order valence-corrected chi connectivity index (χ1v) is 8.70. The van der Waals surface area contributed by atoms with Crippen molar-refractivity contribution in [1.29, 1.82) is 0 Å². The van der Waals surface area contributed by atoms with E-state index in [1.54, 1.807) is 54.6 Å². The summed E-state index contributed by atoms with van der Waals surface area (Å²) < 4.78 is 5.50. The van der Waals surface area contributed by atoms with Crippen molar-refractivity contribution in [3.8, 4) is 11.5 Å². The fraction of sp³-hybridized carbons (Fsp3) is 0. The Kier molecular flexibility index (Phi) is 4.80. The van der Waals surface area contributed by atoms with Crippen molar-refractivity contribution in [2.24, 2.45) is 10.2 Å². The lowest BCUT2D eigenvalue weighted by molar-refractivity contribution is 0.0737. The summed E-state index contributed by atoms with van der Waals surface area (Å²) in [6, 6.07) is 26.5. The molecule has 0 heterocycles. The molecule has 0 aromatic heterocycles. The van der Waals surface area contributed by atoms with Crippen LogP contribution in [0.2, 0.25) is 0 Å². The summed E-state index contributed by atoms with van der Waals surface area (Å²) in [6.45, 7) is 0. The zero-order valence-electron chi connectivity index (χ0n) is 14.8. The van der Waals surface area contributed by atoms with Crippen molar-refractivity contribution in [3.63, 3.8) is 0 Å². The Morgan fingerprint density at radius 2 is 1.32 bits per heavy atom. The first-order valence-electron chi connectivity index (χ1n) is 8.70. The Hall–Kier alpha value is -3.99. The van der Waals surface area contributed by atoms with Crippen molar-refractivity contribution in [2.75, 3.05) is 0 Å². The number of hydrogen-bond acceptors (Lipinski definition) is 5. The summed E-state index contributed by atoms with van der Waals surface area (Å²) in [6.07, 6.45) is 0. The highest BCUT2D eigenvalue weighted by molar-refractivity contribution is 6.05. The number of nitrogens with zero attached hydrogens (tertiary/aromatic N) is 2. The summed E-state index contributed by atoms with van der Waals surface area (Å²) in [7, 11) is 0. The summed E-state index contributed by atoms with van der Waals surface area (Å²) >= 11 is 0. The van der Waals surface area contributed by atoms with Gasteiger partial charge in [0, 0.05) is 0 Å². The quantitative estimate of drug-likeness (QED) is 0.266. The number of benzene rings is 4. The average Bonchev–Trinajstić information content (AvgIpc) is 2.74. The highest BCUT2D eigenvalue weighted by atomic mass is 16.5. The Morgan fingerprint density at radius 1 is 0.714 bits per heavy atom. The van der Waals surface area contributed by atoms with Crippen LogP contribution in [0.1, 0.15) is 10.4 Å². The maximum atomic E-state index is 12.6. The van der Waals surface area contributed by atoms with Gasteiger partial charge in [-0.2, -0.15) is 10.2 Å². The summed E-state index contributed by atoms with van der Waals surface area (Å²) in [4.78, 5) is 12.6. The fourth-order valence-corrected chi connectivity index (χ4v) is 2.78. The lowest BCUT2D eigenvalue weighted by Crippen LogP contribution is -2.08. The van der Waals surface area contributed by atoms with Gasteiger partial charge >= 0.3 is 5.97 Å². The second-order valence-electron chi connectivity index (χ2n) is 6.13. The van der Waals surface area contributed by atoms with Gasteiger partial charge in [0.25, 0.3) is 0 Å². The Morgan fingerprint density at radius 3 is 2.04 bits per heavy atom. The smallest absolute Gasteiger partial charge is 0.344 e. The molecule has 0 radical (unpaired) electrons. The number of carbonyl (C=O) groups is 1. The number of rotatable bonds is 4. The maximum Gasteiger partial charge on any atom is 0.344 e. The van der Waals surface area contributed by atoms with E-state index in [1.807, 2.05) is 36.4 Å². The van der Waals surface area contributed by atoms with Gasteiger partial charge in [0.05, 0.1) is 16.9 Å². The van der Waals surface area contributed by atoms with E-state index in [4.69, 9.17) is 4.74 Å². The molecule has 28 heavy (non-hydrogen) atoms. The van der Waals surface area contributed by atoms with Crippen LogP contribution >= 0.6 is 0 Å². The molecule has 1 N–H and O–H groups in total. The molecule has 4 rings (SSSR count). The minimum atomic E-state index is -0.407. The molecule has 0 fully saturated rings. The Labute approximate surface area is 161 Å². The minimum Gasteiger partial charge on any atom is -0.508 e. The van der Waals surface area contributed by atoms with E-state index >= 15 is 0 Å². The largest absolute Gasteiger partial charge is 0.508 e. The van der Waals surface area contributed by atoms with Crippen LogP contribution in [0.15, 0.2) is 101 Å². The molecule has 4 aromatic rings. The topological polar surface area (TPSA) is 71.2 Å². The van der Waals surface area contributed by atoms with Crippen LogP contribution in [0.25, 0.3) is 10.8 Å². The third-order valence-electron chi connectivity index (χ3n) is 4.19. The van der Waals surface area contributed by atoms with Gasteiger partial charge in [-0.25, -0.2) is 4.79 Å². The van der Waals surface area contributed by atoms with Crippen LogP contribution in [-0.4, -0.2) is 11.1 Å². The predicted molar refractivity (Wildman–Crippen MR) is 108 cm³/mol. The predicted octanol–water partition coefficient (Wildman–Crippen LogP) is 6.18. The lowest BCUT2D eigenvalue weighted by Gasteiger charge is -2.07. The van der Waals surface area contributed by atoms with Gasteiger partial charge in [0.15, 0.2) is 0 Å². The molecule has 0 aliphatic rings. The number of fused-ring (bicyclic) bond motifs is 1. The number of aromatic hydroxyl groups is 1. The highest BCUT2D eigenvalue weighted by Crippen LogP contribution is 2.24. The standard InChI is InChI=1S/C23H16N2O3/c26-19-12-8-17(9-13-19)24-25-18-10-14-20(15-11-18)28-23(27)22-7-3-5-16-4-1-2-6-21(16)22/h1-15,26H. The summed E-state index contributed by atoms with van der Waals surface area (Å²) in [5, 5.41) is 19.3. The number of hydrogen-bond donors (Lipinski definition) is 1. The van der Waals surface area contributed by atoms with Crippen LogP contribution in [0, 0.1) is 0 Å². The van der Waals surface area contributed by atoms with Crippen molar-refractivity contribution in [3.05, 3.63) is 96.6 Å². The average molecular weight is 368 g/mol. The van der Waals surface area contributed by atoms with Crippen molar-refractivity contribution < 1.29 is 14.6 Å². The SMILES string of the molecule is O=C(Oc1ccc(N=Nc2ccc(O)cc2)cc1)c1cccc2ccccc12. The third kappa shape index (κ3) is 3.88. The molecular formula is C23H16N2O3. The molecule has 5 heteroatoms. The molecular weight excluding hydrogens is 352 g/mol. The Balaban J connectivity index is 1.48. The van der Waals surface area contributed by atoms with E-state index in [-0.39, 0.29) is 5.75 Å². The van der Waals surface area contributed by atoms with E-state index in [9.17, 15) is 9.90 Å². The molecule has 0 aliphatic heterocycles. The van der Waals surface area contributed by atoms with E-state index < -0.39 is 5.97 Å². The number of esters is 1. The van der Waals surface area contributed by atoms with Crippen LogP contribution in [0.4, 0.5) is 11.4 Å². The van der Waals surface area contributed by atoms with Crippen LogP contribution in [0.3, 0.4) is 0 Å². The van der Waals surface area contributed by atoms with Gasteiger partial charge in [0.1, 0.15) is 11.5 Å². The molecule has 0 bridgehead atoms. The van der Waals surface area contributed by atoms with E-state index in [2.05, 4.69) is 10.2 Å². The summed E-state index contributed by atoms with van der Waals surface area (Å²) in [5.74, 6) is 0.202. The molecule has 5 nitrogen and oxygen atoms in total. The molecule has 136 valence electrons. The van der Waals surface area contributed by atoms with Crippen LogP contribution in [-0.2, 0) is 0 Å². The summed E-state index contributed by atoms with van der Waals surface area (Å²) in [5.41, 5.74) is 1.77. The molecule has 4 aromatic carbocycles. The van der Waals surface area contributed by atoms with E-state index in [1.165, 1.54) is 0 Å². The molecule has 0 aliphatic carbocycles. The van der Waals surface area contributed by atoms with Gasteiger partial charge in [0.2, 0.25) is 0 Å². The first kappa shape index (κ1) is 17.4. The number of phenolic OH excluding ortho intramolecular Hbond substituents is 1. The number of ether oxygens (including phenoxy) is 1. The molecule has 0 saturated heterocycles. The normalized spacial score (nSPS) is 11.0. The van der Waals surface area contributed by atoms with Gasteiger partial charge in [-0.05, 0) is 65.4 Å². The monoisotopic (exact) mass is 368 g/mol.